The molecule has 0 radical (unpaired) electrons. The normalized spacial score (nSPS) is 14.5. The van der Waals surface area contributed by atoms with E-state index in [1.807, 2.05) is 55.5 Å². The number of carbonyl (C=O) groups excluding carboxylic acids is 3. The van der Waals surface area contributed by atoms with Crippen molar-refractivity contribution < 1.29 is 19.1 Å². The van der Waals surface area contributed by atoms with Crippen LogP contribution in [0.1, 0.15) is 16.7 Å². The van der Waals surface area contributed by atoms with Gasteiger partial charge in [0, 0.05) is 10.2 Å². The number of aryl methyl sites for hydroxylation is 1. The van der Waals surface area contributed by atoms with Gasteiger partial charge in [-0.15, -0.1) is 0 Å². The highest BCUT2D eigenvalue weighted by Gasteiger charge is 2.35. The van der Waals surface area contributed by atoms with Gasteiger partial charge in [-0.05, 0) is 87.7 Å². The number of hydrogen-bond acceptors (Lipinski definition) is 5. The van der Waals surface area contributed by atoms with Crippen LogP contribution in [-0.4, -0.2) is 28.6 Å². The Morgan fingerprint density at radius 2 is 1.80 bits per heavy atom. The fourth-order valence-electron chi connectivity index (χ4n) is 3.33. The zero-order valence-electron chi connectivity index (χ0n) is 18.6. The highest BCUT2D eigenvalue weighted by molar-refractivity contribution is 9.10. The molecule has 0 bridgehead atoms. The molecule has 0 aromatic heterocycles. The van der Waals surface area contributed by atoms with Gasteiger partial charge in [-0.25, -0.2) is 0 Å². The Kier molecular flexibility index (Phi) is 8.10. The van der Waals surface area contributed by atoms with Crippen molar-refractivity contribution in [2.45, 2.75) is 13.5 Å². The van der Waals surface area contributed by atoms with Crippen LogP contribution < -0.4 is 10.1 Å². The number of carbonyl (C=O) groups is 3. The third-order valence-electron chi connectivity index (χ3n) is 5.16. The number of benzene rings is 3. The maximum Gasteiger partial charge on any atom is 0.293 e. The molecule has 1 aliphatic heterocycles. The van der Waals surface area contributed by atoms with Crippen LogP contribution >= 0.6 is 43.6 Å². The molecular formula is C26H20Br2N2O4S. The maximum absolute atomic E-state index is 12.8. The first kappa shape index (κ1) is 25.2. The van der Waals surface area contributed by atoms with Gasteiger partial charge < -0.3 is 10.1 Å². The minimum Gasteiger partial charge on any atom is -0.483 e. The molecule has 9 heteroatoms. The number of nitrogens with zero attached hydrogens (tertiary/aromatic N) is 1. The number of nitrogens with one attached hydrogen (secondary N) is 1. The molecular weight excluding hydrogens is 596 g/mol. The molecule has 1 saturated heterocycles. The second kappa shape index (κ2) is 11.2. The highest BCUT2D eigenvalue weighted by Crippen LogP contribution is 2.35. The standard InChI is InChI=1S/C26H20Br2N2O4S/c1-16-4-2-3-5-21(16)29-24(31)15-34-22-11-8-18(12-20(22)28)13-23-25(32)30(26(33)35-23)14-17-6-9-19(27)10-7-17/h2-13H,14-15H2,1H3,(H,29,31)/b23-13-. The molecule has 1 aliphatic rings. The van der Waals surface area contributed by atoms with Gasteiger partial charge in [0.05, 0.1) is 15.9 Å². The molecule has 0 unspecified atom stereocenters. The third kappa shape index (κ3) is 6.42. The summed E-state index contributed by atoms with van der Waals surface area (Å²) in [6.07, 6.45) is 1.67. The summed E-state index contributed by atoms with van der Waals surface area (Å²) in [4.78, 5) is 39.1. The summed E-state index contributed by atoms with van der Waals surface area (Å²) >= 11 is 7.75. The van der Waals surface area contributed by atoms with E-state index in [9.17, 15) is 14.4 Å². The number of amides is 3. The average Bonchev–Trinajstić information content (AvgIpc) is 3.08. The number of hydrogen-bond donors (Lipinski definition) is 1. The first-order chi connectivity index (χ1) is 16.8. The van der Waals surface area contributed by atoms with Gasteiger partial charge in [-0.1, -0.05) is 52.3 Å². The van der Waals surface area contributed by atoms with E-state index >= 15 is 0 Å². The van der Waals surface area contributed by atoms with Crippen molar-refractivity contribution in [3.8, 4) is 5.75 Å². The molecule has 4 rings (SSSR count). The Morgan fingerprint density at radius 3 is 2.51 bits per heavy atom. The topological polar surface area (TPSA) is 75.7 Å². The summed E-state index contributed by atoms with van der Waals surface area (Å²) in [5.41, 5.74) is 3.30. The van der Waals surface area contributed by atoms with Gasteiger partial charge in [-0.3, -0.25) is 19.3 Å². The molecule has 1 heterocycles. The van der Waals surface area contributed by atoms with E-state index in [2.05, 4.69) is 37.2 Å². The summed E-state index contributed by atoms with van der Waals surface area (Å²) < 4.78 is 7.21. The molecule has 3 amide bonds. The van der Waals surface area contributed by atoms with E-state index in [1.165, 1.54) is 4.90 Å². The number of rotatable bonds is 7. The van der Waals surface area contributed by atoms with Gasteiger partial charge in [0.1, 0.15) is 5.75 Å². The molecule has 178 valence electrons. The summed E-state index contributed by atoms with van der Waals surface area (Å²) in [5, 5.41) is 2.52. The monoisotopic (exact) mass is 614 g/mol. The van der Waals surface area contributed by atoms with E-state index in [1.54, 1.807) is 24.3 Å². The predicted molar refractivity (Wildman–Crippen MR) is 145 cm³/mol. The Bertz CT molecular complexity index is 1330. The lowest BCUT2D eigenvalue weighted by molar-refractivity contribution is -0.123. The second-order valence-corrected chi connectivity index (χ2v) is 10.5. The predicted octanol–water partition coefficient (Wildman–Crippen LogP) is 6.77. The maximum atomic E-state index is 12.8. The van der Waals surface area contributed by atoms with Crippen molar-refractivity contribution in [2.24, 2.45) is 0 Å². The molecule has 0 atom stereocenters. The lowest BCUT2D eigenvalue weighted by Gasteiger charge is -2.12. The number of imide groups is 1. The van der Waals surface area contributed by atoms with Crippen molar-refractivity contribution in [1.29, 1.82) is 0 Å². The Balaban J connectivity index is 1.39. The third-order valence-corrected chi connectivity index (χ3v) is 7.21. The Labute approximate surface area is 224 Å². The van der Waals surface area contributed by atoms with E-state index < -0.39 is 0 Å². The lowest BCUT2D eigenvalue weighted by atomic mass is 10.2. The Morgan fingerprint density at radius 1 is 1.06 bits per heavy atom. The highest BCUT2D eigenvalue weighted by atomic mass is 79.9. The van der Waals surface area contributed by atoms with Crippen molar-refractivity contribution in [3.63, 3.8) is 0 Å². The van der Waals surface area contributed by atoms with Crippen molar-refractivity contribution in [2.75, 3.05) is 11.9 Å². The molecule has 6 nitrogen and oxygen atoms in total. The molecule has 1 N–H and O–H groups in total. The van der Waals surface area contributed by atoms with Gasteiger partial charge >= 0.3 is 0 Å². The number of thioether (sulfide) groups is 1. The second-order valence-electron chi connectivity index (χ2n) is 7.74. The van der Waals surface area contributed by atoms with E-state index in [0.29, 0.717) is 15.1 Å². The van der Waals surface area contributed by atoms with Crippen LogP contribution in [0.5, 0.6) is 5.75 Å². The first-order valence-corrected chi connectivity index (χ1v) is 13.0. The molecule has 0 saturated carbocycles. The van der Waals surface area contributed by atoms with Gasteiger partial charge in [-0.2, -0.15) is 0 Å². The van der Waals surface area contributed by atoms with Crippen molar-refractivity contribution >= 4 is 72.4 Å². The van der Waals surface area contributed by atoms with Crippen LogP contribution in [-0.2, 0) is 16.1 Å². The van der Waals surface area contributed by atoms with Crippen LogP contribution in [0.2, 0.25) is 0 Å². The minimum atomic E-state index is -0.327. The summed E-state index contributed by atoms with van der Waals surface area (Å²) in [7, 11) is 0. The quantitative estimate of drug-likeness (QED) is 0.297. The fraction of sp³-hybridized carbons (Fsp3) is 0.115. The lowest BCUT2D eigenvalue weighted by Crippen LogP contribution is -2.27. The molecule has 3 aromatic carbocycles. The van der Waals surface area contributed by atoms with Crippen LogP contribution in [0.15, 0.2) is 80.6 Å². The number of anilines is 1. The zero-order valence-corrected chi connectivity index (χ0v) is 22.6. The average molecular weight is 616 g/mol. The zero-order chi connectivity index (χ0) is 24.9. The van der Waals surface area contributed by atoms with Crippen LogP contribution in [0.25, 0.3) is 6.08 Å². The summed E-state index contributed by atoms with van der Waals surface area (Å²) in [6.45, 7) is 1.98. The molecule has 0 spiro atoms. The molecule has 3 aromatic rings. The van der Waals surface area contributed by atoms with E-state index in [4.69, 9.17) is 4.74 Å². The number of halogens is 2. The van der Waals surface area contributed by atoms with E-state index in [0.717, 1.165) is 38.6 Å². The van der Waals surface area contributed by atoms with Crippen LogP contribution in [0.3, 0.4) is 0 Å². The molecule has 35 heavy (non-hydrogen) atoms. The fourth-order valence-corrected chi connectivity index (χ4v) is 4.94. The Hall–Kier alpha value is -2.88. The number of ether oxygens (including phenoxy) is 1. The SMILES string of the molecule is Cc1ccccc1NC(=O)COc1ccc(/C=C2\SC(=O)N(Cc3ccc(Br)cc3)C2=O)cc1Br. The molecule has 1 fully saturated rings. The smallest absolute Gasteiger partial charge is 0.293 e. The summed E-state index contributed by atoms with van der Waals surface area (Å²) in [5.74, 6) is -0.104. The first-order valence-electron chi connectivity index (χ1n) is 10.6. The van der Waals surface area contributed by atoms with Crippen molar-refractivity contribution in [3.05, 3.63) is 97.3 Å². The van der Waals surface area contributed by atoms with Crippen LogP contribution in [0, 0.1) is 6.92 Å². The molecule has 0 aliphatic carbocycles. The van der Waals surface area contributed by atoms with Gasteiger partial charge in [0.15, 0.2) is 6.61 Å². The largest absolute Gasteiger partial charge is 0.483 e. The number of para-hydroxylation sites is 1. The van der Waals surface area contributed by atoms with Gasteiger partial charge in [0.2, 0.25) is 0 Å². The summed E-state index contributed by atoms with van der Waals surface area (Å²) in [6, 6.07) is 20.2. The van der Waals surface area contributed by atoms with E-state index in [-0.39, 0.29) is 30.2 Å². The van der Waals surface area contributed by atoms with Gasteiger partial charge in [0.25, 0.3) is 17.1 Å². The van der Waals surface area contributed by atoms with Crippen molar-refractivity contribution in [1.82, 2.24) is 4.90 Å². The minimum absolute atomic E-state index is 0.152. The van der Waals surface area contributed by atoms with Crippen LogP contribution in [0.4, 0.5) is 10.5 Å².